The summed E-state index contributed by atoms with van der Waals surface area (Å²) in [6.45, 7) is 4.53. The maximum Gasteiger partial charge on any atom is 0.171 e. The first-order chi connectivity index (χ1) is 7.06. The van der Waals surface area contributed by atoms with Gasteiger partial charge in [0.1, 0.15) is 0 Å². The standard InChI is InChI=1S/C9H11Cl2N3S/c1-3-12-9(15)14-8-7(11)5(2)6(10)4-13-8/h4H,3H2,1-2H3,(H2,12,13,14,15). The van der Waals surface area contributed by atoms with Gasteiger partial charge in [0.05, 0.1) is 10.0 Å². The second-order valence-corrected chi connectivity index (χ2v) is 4.07. The molecule has 2 N–H and O–H groups in total. The summed E-state index contributed by atoms with van der Waals surface area (Å²) < 4.78 is 0. The number of halogens is 2. The van der Waals surface area contributed by atoms with Gasteiger partial charge >= 0.3 is 0 Å². The van der Waals surface area contributed by atoms with Gasteiger partial charge in [-0.3, -0.25) is 0 Å². The second-order valence-electron chi connectivity index (χ2n) is 2.88. The van der Waals surface area contributed by atoms with Gasteiger partial charge in [0.15, 0.2) is 10.9 Å². The van der Waals surface area contributed by atoms with Crippen LogP contribution in [0.2, 0.25) is 10.0 Å². The van der Waals surface area contributed by atoms with Crippen LogP contribution in [0.3, 0.4) is 0 Å². The summed E-state index contributed by atoms with van der Waals surface area (Å²) in [5.74, 6) is 0.518. The van der Waals surface area contributed by atoms with Crippen molar-refractivity contribution >= 4 is 46.4 Å². The molecule has 1 heterocycles. The largest absolute Gasteiger partial charge is 0.363 e. The van der Waals surface area contributed by atoms with Gasteiger partial charge in [0, 0.05) is 12.7 Å². The summed E-state index contributed by atoms with van der Waals surface area (Å²) >= 11 is 16.9. The highest BCUT2D eigenvalue weighted by molar-refractivity contribution is 7.80. The van der Waals surface area contributed by atoms with Gasteiger partial charge in [-0.15, -0.1) is 0 Å². The van der Waals surface area contributed by atoms with Gasteiger partial charge in [-0.2, -0.15) is 0 Å². The topological polar surface area (TPSA) is 37.0 Å². The zero-order chi connectivity index (χ0) is 11.4. The number of rotatable bonds is 2. The van der Waals surface area contributed by atoms with E-state index in [-0.39, 0.29) is 0 Å². The van der Waals surface area contributed by atoms with Crippen LogP contribution in [-0.4, -0.2) is 16.6 Å². The Morgan fingerprint density at radius 1 is 1.53 bits per heavy atom. The van der Waals surface area contributed by atoms with E-state index >= 15 is 0 Å². The zero-order valence-corrected chi connectivity index (χ0v) is 10.7. The van der Waals surface area contributed by atoms with E-state index in [0.717, 1.165) is 12.1 Å². The number of nitrogens with one attached hydrogen (secondary N) is 2. The lowest BCUT2D eigenvalue weighted by Crippen LogP contribution is -2.28. The van der Waals surface area contributed by atoms with Crippen LogP contribution >= 0.6 is 35.4 Å². The molecule has 0 aliphatic rings. The number of pyridine rings is 1. The molecule has 0 bridgehead atoms. The Morgan fingerprint density at radius 3 is 2.80 bits per heavy atom. The van der Waals surface area contributed by atoms with Crippen LogP contribution in [0.25, 0.3) is 0 Å². The molecule has 0 unspecified atom stereocenters. The Morgan fingerprint density at radius 2 is 2.20 bits per heavy atom. The molecule has 82 valence electrons. The van der Waals surface area contributed by atoms with Crippen molar-refractivity contribution in [1.82, 2.24) is 10.3 Å². The number of nitrogens with zero attached hydrogens (tertiary/aromatic N) is 1. The SMILES string of the molecule is CCNC(=S)Nc1ncc(Cl)c(C)c1Cl. The lowest BCUT2D eigenvalue weighted by molar-refractivity contribution is 0.978. The maximum atomic E-state index is 6.05. The number of hydrogen-bond donors (Lipinski definition) is 2. The summed E-state index contributed by atoms with van der Waals surface area (Å²) in [7, 11) is 0. The van der Waals surface area contributed by atoms with E-state index in [4.69, 9.17) is 35.4 Å². The van der Waals surface area contributed by atoms with E-state index < -0.39 is 0 Å². The van der Waals surface area contributed by atoms with Crippen molar-refractivity contribution < 1.29 is 0 Å². The third-order valence-electron chi connectivity index (χ3n) is 1.77. The average Bonchev–Trinajstić information content (AvgIpc) is 2.20. The Labute approximate surface area is 104 Å². The predicted molar refractivity (Wildman–Crippen MR) is 68.9 cm³/mol. The van der Waals surface area contributed by atoms with Crippen LogP contribution in [0.5, 0.6) is 0 Å². The van der Waals surface area contributed by atoms with Crippen molar-refractivity contribution in [2.75, 3.05) is 11.9 Å². The number of thiocarbonyl (C=S) groups is 1. The maximum absolute atomic E-state index is 6.05. The molecular formula is C9H11Cl2N3S. The van der Waals surface area contributed by atoms with Gasteiger partial charge in [-0.25, -0.2) is 4.98 Å². The molecule has 0 amide bonds. The van der Waals surface area contributed by atoms with E-state index in [1.807, 2.05) is 13.8 Å². The molecule has 0 aliphatic heterocycles. The molecule has 1 aromatic rings. The highest BCUT2D eigenvalue weighted by Gasteiger charge is 2.09. The summed E-state index contributed by atoms with van der Waals surface area (Å²) in [6, 6.07) is 0. The van der Waals surface area contributed by atoms with Gasteiger partial charge in [0.2, 0.25) is 0 Å². The lowest BCUT2D eigenvalue weighted by Gasteiger charge is -2.11. The first kappa shape index (κ1) is 12.5. The minimum absolute atomic E-state index is 0.489. The average molecular weight is 264 g/mol. The van der Waals surface area contributed by atoms with Crippen LogP contribution in [0.15, 0.2) is 6.20 Å². The third-order valence-corrected chi connectivity index (χ3v) is 2.86. The molecule has 0 aromatic carbocycles. The number of aromatic nitrogens is 1. The van der Waals surface area contributed by atoms with Gasteiger partial charge in [-0.1, -0.05) is 23.2 Å². The molecule has 15 heavy (non-hydrogen) atoms. The van der Waals surface area contributed by atoms with Crippen LogP contribution in [0.1, 0.15) is 12.5 Å². The Bertz CT molecular complexity index is 382. The molecule has 6 heteroatoms. The minimum atomic E-state index is 0.489. The number of anilines is 1. The molecule has 0 spiro atoms. The first-order valence-corrected chi connectivity index (χ1v) is 5.58. The summed E-state index contributed by atoms with van der Waals surface area (Å²) in [5, 5.41) is 7.37. The quantitative estimate of drug-likeness (QED) is 0.805. The number of hydrogen-bond acceptors (Lipinski definition) is 2. The molecule has 0 saturated heterocycles. The lowest BCUT2D eigenvalue weighted by atomic mass is 10.3. The predicted octanol–water partition coefficient (Wildman–Crippen LogP) is 3.00. The highest BCUT2D eigenvalue weighted by atomic mass is 35.5. The minimum Gasteiger partial charge on any atom is -0.363 e. The smallest absolute Gasteiger partial charge is 0.171 e. The molecule has 0 radical (unpaired) electrons. The van der Waals surface area contributed by atoms with E-state index in [0.29, 0.717) is 21.0 Å². The van der Waals surface area contributed by atoms with Crippen LogP contribution in [0.4, 0.5) is 5.82 Å². The van der Waals surface area contributed by atoms with Crippen LogP contribution in [-0.2, 0) is 0 Å². The summed E-state index contributed by atoms with van der Waals surface area (Å²) in [6.07, 6.45) is 1.54. The zero-order valence-electron chi connectivity index (χ0n) is 8.40. The Balaban J connectivity index is 2.87. The molecule has 0 saturated carbocycles. The van der Waals surface area contributed by atoms with E-state index in [2.05, 4.69) is 15.6 Å². The van der Waals surface area contributed by atoms with E-state index in [9.17, 15) is 0 Å². The van der Waals surface area contributed by atoms with Crippen molar-refractivity contribution in [3.8, 4) is 0 Å². The summed E-state index contributed by atoms with van der Waals surface area (Å²) in [4.78, 5) is 4.06. The van der Waals surface area contributed by atoms with Crippen molar-refractivity contribution in [2.45, 2.75) is 13.8 Å². The van der Waals surface area contributed by atoms with Gasteiger partial charge in [0.25, 0.3) is 0 Å². The van der Waals surface area contributed by atoms with E-state index in [1.54, 1.807) is 6.20 Å². The van der Waals surface area contributed by atoms with Crippen molar-refractivity contribution in [3.63, 3.8) is 0 Å². The summed E-state index contributed by atoms with van der Waals surface area (Å²) in [5.41, 5.74) is 0.787. The fourth-order valence-electron chi connectivity index (χ4n) is 0.957. The fraction of sp³-hybridized carbons (Fsp3) is 0.333. The van der Waals surface area contributed by atoms with Crippen molar-refractivity contribution in [1.29, 1.82) is 0 Å². The molecular weight excluding hydrogens is 253 g/mol. The van der Waals surface area contributed by atoms with Gasteiger partial charge < -0.3 is 10.6 Å². The van der Waals surface area contributed by atoms with Crippen molar-refractivity contribution in [3.05, 3.63) is 21.8 Å². The molecule has 0 aliphatic carbocycles. The molecule has 1 aromatic heterocycles. The second kappa shape index (κ2) is 5.49. The first-order valence-electron chi connectivity index (χ1n) is 4.41. The highest BCUT2D eigenvalue weighted by Crippen LogP contribution is 2.28. The Kier molecular flexibility index (Phi) is 4.57. The Hall–Kier alpha value is -0.580. The molecule has 3 nitrogen and oxygen atoms in total. The van der Waals surface area contributed by atoms with Crippen LogP contribution < -0.4 is 10.6 Å². The van der Waals surface area contributed by atoms with Gasteiger partial charge in [-0.05, 0) is 31.6 Å². The van der Waals surface area contributed by atoms with Crippen molar-refractivity contribution in [2.24, 2.45) is 0 Å². The van der Waals surface area contributed by atoms with E-state index in [1.165, 1.54) is 0 Å². The fourth-order valence-corrected chi connectivity index (χ4v) is 1.59. The normalized spacial score (nSPS) is 9.87. The molecule has 1 rings (SSSR count). The monoisotopic (exact) mass is 263 g/mol. The molecule has 0 fully saturated rings. The van der Waals surface area contributed by atoms with Crippen LogP contribution in [0, 0.1) is 6.92 Å². The molecule has 0 atom stereocenters. The third kappa shape index (κ3) is 3.19.